The molecule has 8 heteroatoms. The number of hydrazine groups is 1. The van der Waals surface area contributed by atoms with Gasteiger partial charge in [0.15, 0.2) is 0 Å². The number of nitrogens with zero attached hydrogens (tertiary/aromatic N) is 3. The van der Waals surface area contributed by atoms with Crippen LogP contribution in [-0.4, -0.2) is 14.9 Å². The van der Waals surface area contributed by atoms with Gasteiger partial charge in [-0.15, -0.1) is 0 Å². The fraction of sp³-hybridized carbons (Fsp3) is 0.167. The van der Waals surface area contributed by atoms with Gasteiger partial charge >= 0.3 is 5.69 Å². The fourth-order valence-electron chi connectivity index (χ4n) is 1.68. The molecule has 0 amide bonds. The van der Waals surface area contributed by atoms with Crippen molar-refractivity contribution in [3.05, 3.63) is 46.1 Å². The molecule has 4 N–H and O–H groups in total. The highest BCUT2D eigenvalue weighted by atomic mass is 16.6. The molecule has 0 aliphatic carbocycles. The molecular weight excluding hydrogens is 260 g/mol. The maximum atomic E-state index is 11.0. The summed E-state index contributed by atoms with van der Waals surface area (Å²) in [4.78, 5) is 18.1. The van der Waals surface area contributed by atoms with E-state index in [1.165, 1.54) is 0 Å². The predicted octanol–water partition coefficient (Wildman–Crippen LogP) is 1.98. The van der Waals surface area contributed by atoms with Crippen LogP contribution >= 0.6 is 0 Å². The molecule has 8 nitrogen and oxygen atoms in total. The van der Waals surface area contributed by atoms with Crippen LogP contribution in [0.25, 0.3) is 0 Å². The first-order valence-electron chi connectivity index (χ1n) is 5.98. The van der Waals surface area contributed by atoms with Gasteiger partial charge in [-0.3, -0.25) is 15.5 Å². The van der Waals surface area contributed by atoms with Crippen molar-refractivity contribution in [2.24, 2.45) is 5.84 Å². The Bertz CT molecular complexity index is 631. The smallest absolute Gasteiger partial charge is 0.329 e. The van der Waals surface area contributed by atoms with Gasteiger partial charge < -0.3 is 5.32 Å². The van der Waals surface area contributed by atoms with Crippen LogP contribution in [0.1, 0.15) is 12.5 Å². The van der Waals surface area contributed by atoms with Gasteiger partial charge in [-0.1, -0.05) is 19.1 Å². The summed E-state index contributed by atoms with van der Waals surface area (Å²) in [6.45, 7) is 2.03. The van der Waals surface area contributed by atoms with Crippen molar-refractivity contribution in [3.63, 3.8) is 0 Å². The summed E-state index contributed by atoms with van der Waals surface area (Å²) in [7, 11) is 0. The highest BCUT2D eigenvalue weighted by molar-refractivity contribution is 5.66. The Morgan fingerprint density at radius 3 is 2.90 bits per heavy atom. The van der Waals surface area contributed by atoms with E-state index in [0.717, 1.165) is 18.2 Å². The minimum Gasteiger partial charge on any atom is -0.334 e. The second-order valence-corrected chi connectivity index (χ2v) is 4.01. The molecule has 0 saturated carbocycles. The summed E-state index contributed by atoms with van der Waals surface area (Å²) in [5, 5.41) is 13.9. The first-order chi connectivity index (χ1) is 9.63. The molecule has 0 radical (unpaired) electrons. The molecule has 2 aromatic rings. The molecule has 20 heavy (non-hydrogen) atoms. The van der Waals surface area contributed by atoms with Gasteiger partial charge in [0.25, 0.3) is 0 Å². The Balaban J connectivity index is 2.37. The van der Waals surface area contributed by atoms with E-state index in [2.05, 4.69) is 20.7 Å². The summed E-state index contributed by atoms with van der Waals surface area (Å²) >= 11 is 0. The van der Waals surface area contributed by atoms with E-state index in [0.29, 0.717) is 5.69 Å². The molecule has 1 aromatic carbocycles. The molecule has 2 rings (SSSR count). The molecule has 0 fully saturated rings. The summed E-state index contributed by atoms with van der Waals surface area (Å²) in [5.41, 5.74) is 3.87. The van der Waals surface area contributed by atoms with Crippen LogP contribution in [0.4, 0.5) is 23.1 Å². The van der Waals surface area contributed by atoms with Crippen LogP contribution in [0.3, 0.4) is 0 Å². The minimum atomic E-state index is -0.549. The Hall–Kier alpha value is -2.74. The number of benzene rings is 1. The van der Waals surface area contributed by atoms with Crippen LogP contribution in [0.15, 0.2) is 30.5 Å². The summed E-state index contributed by atoms with van der Waals surface area (Å²) in [5.74, 6) is 5.40. The van der Waals surface area contributed by atoms with Crippen LogP contribution in [-0.2, 0) is 6.42 Å². The third-order valence-corrected chi connectivity index (χ3v) is 2.69. The van der Waals surface area contributed by atoms with Crippen molar-refractivity contribution in [2.75, 3.05) is 10.7 Å². The number of aryl methyl sites for hydroxylation is 1. The van der Waals surface area contributed by atoms with Crippen molar-refractivity contribution in [1.82, 2.24) is 9.97 Å². The lowest BCUT2D eigenvalue weighted by molar-refractivity contribution is -0.384. The van der Waals surface area contributed by atoms with Crippen molar-refractivity contribution in [2.45, 2.75) is 13.3 Å². The topological polar surface area (TPSA) is 119 Å². The lowest BCUT2D eigenvalue weighted by Crippen LogP contribution is -2.12. The van der Waals surface area contributed by atoms with E-state index in [1.54, 1.807) is 6.07 Å². The number of nitro groups is 1. The van der Waals surface area contributed by atoms with Crippen molar-refractivity contribution < 1.29 is 4.92 Å². The normalized spacial score (nSPS) is 10.1. The zero-order chi connectivity index (χ0) is 14.5. The Morgan fingerprint density at radius 2 is 2.25 bits per heavy atom. The van der Waals surface area contributed by atoms with Gasteiger partial charge in [-0.25, -0.2) is 10.8 Å². The number of hydrogen-bond donors (Lipinski definition) is 3. The summed E-state index contributed by atoms with van der Waals surface area (Å²) in [6, 6.07) is 7.56. The van der Waals surface area contributed by atoms with Gasteiger partial charge in [0.1, 0.15) is 6.20 Å². The lowest BCUT2D eigenvalue weighted by Gasteiger charge is -2.08. The molecule has 1 heterocycles. The number of rotatable bonds is 5. The average Bonchev–Trinajstić information content (AvgIpc) is 2.47. The third-order valence-electron chi connectivity index (χ3n) is 2.69. The first kappa shape index (κ1) is 13.7. The molecule has 0 aliphatic rings. The molecule has 0 spiro atoms. The Morgan fingerprint density at radius 1 is 1.45 bits per heavy atom. The fourth-order valence-corrected chi connectivity index (χ4v) is 1.68. The lowest BCUT2D eigenvalue weighted by atomic mass is 10.1. The Labute approximate surface area is 115 Å². The monoisotopic (exact) mass is 274 g/mol. The standard InChI is InChI=1S/C12H14N6O2/c1-2-8-4-3-5-9(6-8)15-11-10(18(19)20)7-14-12(16-11)17-13/h3-7H,2,13H2,1H3,(H2,14,15,16,17). The second-order valence-electron chi connectivity index (χ2n) is 4.01. The predicted molar refractivity (Wildman–Crippen MR) is 75.6 cm³/mol. The number of nitrogens with one attached hydrogen (secondary N) is 2. The molecular formula is C12H14N6O2. The van der Waals surface area contributed by atoms with Crippen molar-refractivity contribution >= 4 is 23.1 Å². The third kappa shape index (κ3) is 2.98. The van der Waals surface area contributed by atoms with Crippen LogP contribution in [0.2, 0.25) is 0 Å². The van der Waals surface area contributed by atoms with E-state index in [4.69, 9.17) is 5.84 Å². The molecule has 1 aromatic heterocycles. The number of nitrogen functional groups attached to an aromatic ring is 1. The van der Waals surface area contributed by atoms with E-state index >= 15 is 0 Å². The molecule has 0 bridgehead atoms. The average molecular weight is 274 g/mol. The first-order valence-corrected chi connectivity index (χ1v) is 5.98. The van der Waals surface area contributed by atoms with E-state index in [9.17, 15) is 10.1 Å². The highest BCUT2D eigenvalue weighted by Gasteiger charge is 2.17. The molecule has 0 aliphatic heterocycles. The quantitative estimate of drug-likeness (QED) is 0.433. The zero-order valence-electron chi connectivity index (χ0n) is 10.8. The number of hydrogen-bond acceptors (Lipinski definition) is 7. The van der Waals surface area contributed by atoms with Gasteiger partial charge in [0.2, 0.25) is 11.8 Å². The molecule has 0 unspecified atom stereocenters. The molecule has 0 saturated heterocycles. The van der Waals surface area contributed by atoms with Crippen LogP contribution < -0.4 is 16.6 Å². The summed E-state index contributed by atoms with van der Waals surface area (Å²) < 4.78 is 0. The van der Waals surface area contributed by atoms with Crippen LogP contribution in [0.5, 0.6) is 0 Å². The maximum Gasteiger partial charge on any atom is 0.329 e. The minimum absolute atomic E-state index is 0.0891. The number of anilines is 3. The zero-order valence-corrected chi connectivity index (χ0v) is 10.8. The number of nitrogens with two attached hydrogens (primary N) is 1. The van der Waals surface area contributed by atoms with Crippen molar-refractivity contribution in [3.8, 4) is 0 Å². The van der Waals surface area contributed by atoms with E-state index in [-0.39, 0.29) is 17.5 Å². The van der Waals surface area contributed by atoms with Gasteiger partial charge in [-0.2, -0.15) is 4.98 Å². The molecule has 0 atom stereocenters. The molecule has 104 valence electrons. The van der Waals surface area contributed by atoms with Crippen molar-refractivity contribution in [1.29, 1.82) is 0 Å². The van der Waals surface area contributed by atoms with E-state index in [1.807, 2.05) is 25.1 Å². The number of aromatic nitrogens is 2. The largest absolute Gasteiger partial charge is 0.334 e. The SMILES string of the molecule is CCc1cccc(Nc2nc(NN)ncc2[N+](=O)[O-])c1. The van der Waals surface area contributed by atoms with E-state index < -0.39 is 4.92 Å². The summed E-state index contributed by atoms with van der Waals surface area (Å²) in [6.07, 6.45) is 1.98. The highest BCUT2D eigenvalue weighted by Crippen LogP contribution is 2.25. The van der Waals surface area contributed by atoms with Crippen LogP contribution in [0, 0.1) is 10.1 Å². The van der Waals surface area contributed by atoms with Gasteiger partial charge in [0, 0.05) is 5.69 Å². The van der Waals surface area contributed by atoms with Gasteiger partial charge in [0.05, 0.1) is 4.92 Å². The maximum absolute atomic E-state index is 11.0. The van der Waals surface area contributed by atoms with Gasteiger partial charge in [-0.05, 0) is 24.1 Å². The Kier molecular flexibility index (Phi) is 4.06. The second kappa shape index (κ2) is 5.93.